The van der Waals surface area contributed by atoms with E-state index in [9.17, 15) is 23.5 Å². The number of amides is 2. The van der Waals surface area contributed by atoms with Crippen LogP contribution in [0.1, 0.15) is 93.6 Å². The van der Waals surface area contributed by atoms with Crippen molar-refractivity contribution in [1.82, 2.24) is 20.2 Å². The molecule has 2 aromatic heterocycles. The van der Waals surface area contributed by atoms with Crippen LogP contribution in [-0.4, -0.2) is 62.6 Å². The zero-order valence-electron chi connectivity index (χ0n) is 22.5. The van der Waals surface area contributed by atoms with E-state index in [2.05, 4.69) is 20.6 Å². The molecule has 0 aromatic carbocycles. The van der Waals surface area contributed by atoms with Gasteiger partial charge in [0, 0.05) is 36.5 Å². The minimum atomic E-state index is -2.84. The summed E-state index contributed by atoms with van der Waals surface area (Å²) in [6, 6.07) is 0.650. The number of thiazole rings is 1. The molecule has 204 valence electrons. The van der Waals surface area contributed by atoms with Gasteiger partial charge in [-0.15, -0.1) is 11.3 Å². The number of likely N-dealkylation sites (tertiary alicyclic amines) is 1. The number of nitrogens with zero attached hydrogens (tertiary/aromatic N) is 3. The fourth-order valence-electron chi connectivity index (χ4n) is 3.84. The number of hydrogen-bond donors (Lipinski definition) is 3. The van der Waals surface area contributed by atoms with Crippen molar-refractivity contribution in [3.05, 3.63) is 28.5 Å². The van der Waals surface area contributed by atoms with E-state index >= 15 is 0 Å². The summed E-state index contributed by atoms with van der Waals surface area (Å²) in [5, 5.41) is 15.9. The molecule has 3 rings (SSSR count). The Hall–Kier alpha value is -2.66. The number of nitrogens with one attached hydrogen (secondary N) is 2. The van der Waals surface area contributed by atoms with E-state index in [0.29, 0.717) is 18.9 Å². The van der Waals surface area contributed by atoms with E-state index in [1.165, 1.54) is 12.3 Å². The quantitative estimate of drug-likeness (QED) is 0.432. The van der Waals surface area contributed by atoms with Crippen molar-refractivity contribution in [3.63, 3.8) is 0 Å². The lowest BCUT2D eigenvalue weighted by Gasteiger charge is -2.26. The minimum Gasteiger partial charge on any atom is -0.388 e. The molecule has 3 heterocycles. The number of aliphatic hydroxyl groups is 1. The summed E-state index contributed by atoms with van der Waals surface area (Å²) in [6.45, 7) is 13.8. The Bertz CT molecular complexity index is 1140. The molecule has 0 unspecified atom stereocenters. The summed E-state index contributed by atoms with van der Waals surface area (Å²) in [7, 11) is 0. The molecule has 2 atom stereocenters. The van der Waals surface area contributed by atoms with Crippen LogP contribution in [0.15, 0.2) is 12.3 Å². The fraction of sp³-hybridized carbons (Fsp3) is 0.615. The molecule has 2 aromatic rings. The molecule has 37 heavy (non-hydrogen) atoms. The zero-order chi connectivity index (χ0) is 27.7. The number of alkyl halides is 2. The van der Waals surface area contributed by atoms with Crippen molar-refractivity contribution in [1.29, 1.82) is 0 Å². The van der Waals surface area contributed by atoms with Crippen LogP contribution in [0.3, 0.4) is 0 Å². The van der Waals surface area contributed by atoms with Gasteiger partial charge < -0.3 is 20.6 Å². The monoisotopic (exact) mass is 537 g/mol. The molecule has 0 spiro atoms. The fourth-order valence-corrected chi connectivity index (χ4v) is 4.84. The van der Waals surface area contributed by atoms with Gasteiger partial charge in [-0.3, -0.25) is 9.59 Å². The third kappa shape index (κ3) is 7.01. The Balaban J connectivity index is 2.07. The van der Waals surface area contributed by atoms with Crippen LogP contribution in [0.4, 0.5) is 14.6 Å². The Morgan fingerprint density at radius 1 is 1.27 bits per heavy atom. The maximum Gasteiger partial charge on any atom is 0.280 e. The van der Waals surface area contributed by atoms with Gasteiger partial charge >= 0.3 is 0 Å². The topological polar surface area (TPSA) is 107 Å². The van der Waals surface area contributed by atoms with Gasteiger partial charge in [-0.2, -0.15) is 0 Å². The Labute approximate surface area is 220 Å². The van der Waals surface area contributed by atoms with Gasteiger partial charge in [0.05, 0.1) is 16.5 Å². The van der Waals surface area contributed by atoms with Gasteiger partial charge in [0.15, 0.2) is 5.01 Å². The van der Waals surface area contributed by atoms with Crippen molar-refractivity contribution in [2.75, 3.05) is 18.4 Å². The normalized spacial score (nSPS) is 17.3. The van der Waals surface area contributed by atoms with Crippen LogP contribution in [0.25, 0.3) is 10.4 Å². The number of carbonyl (C=O) groups excluding carboxylic acids is 2. The average Bonchev–Trinajstić information content (AvgIpc) is 3.42. The highest BCUT2D eigenvalue weighted by Crippen LogP contribution is 2.39. The van der Waals surface area contributed by atoms with Crippen LogP contribution in [-0.2, 0) is 0 Å². The van der Waals surface area contributed by atoms with E-state index in [4.69, 9.17) is 0 Å². The molecule has 0 radical (unpaired) electrons. The minimum absolute atomic E-state index is 0.0220. The first-order valence-electron chi connectivity index (χ1n) is 12.5. The molecular weight excluding hydrogens is 500 g/mol. The van der Waals surface area contributed by atoms with Crippen molar-refractivity contribution in [2.24, 2.45) is 5.41 Å². The smallest absolute Gasteiger partial charge is 0.280 e. The molecule has 1 aliphatic rings. The lowest BCUT2D eigenvalue weighted by Crippen LogP contribution is -2.47. The number of halogens is 2. The van der Waals surface area contributed by atoms with Crippen molar-refractivity contribution in [3.8, 4) is 10.4 Å². The van der Waals surface area contributed by atoms with E-state index in [-0.39, 0.29) is 38.2 Å². The molecule has 11 heteroatoms. The van der Waals surface area contributed by atoms with Crippen LogP contribution in [0.5, 0.6) is 0 Å². The van der Waals surface area contributed by atoms with Crippen LogP contribution < -0.4 is 10.6 Å². The number of rotatable bonds is 8. The number of hydrogen-bond acceptors (Lipinski definition) is 7. The molecule has 8 nitrogen and oxygen atoms in total. The third-order valence-corrected chi connectivity index (χ3v) is 7.55. The number of pyridine rings is 1. The van der Waals surface area contributed by atoms with Gasteiger partial charge in [-0.05, 0) is 52.0 Å². The van der Waals surface area contributed by atoms with E-state index < -0.39 is 29.9 Å². The molecule has 1 fully saturated rings. The summed E-state index contributed by atoms with van der Waals surface area (Å²) in [6.07, 6.45) is 0.141. The average molecular weight is 538 g/mol. The summed E-state index contributed by atoms with van der Waals surface area (Å²) in [4.78, 5) is 37.0. The number of aromatic nitrogens is 2. The molecule has 0 saturated carbocycles. The molecule has 2 amide bonds. The van der Waals surface area contributed by atoms with Crippen LogP contribution in [0, 0.1) is 5.41 Å². The van der Waals surface area contributed by atoms with Crippen molar-refractivity contribution < 1.29 is 23.5 Å². The highest BCUT2D eigenvalue weighted by molar-refractivity contribution is 7.17. The van der Waals surface area contributed by atoms with Gasteiger partial charge in [-0.1, -0.05) is 20.8 Å². The second-order valence-corrected chi connectivity index (χ2v) is 12.4. The lowest BCUT2D eigenvalue weighted by molar-refractivity contribution is 0.0408. The van der Waals surface area contributed by atoms with Gasteiger partial charge in [0.25, 0.3) is 18.2 Å². The van der Waals surface area contributed by atoms with E-state index in [1.807, 2.05) is 27.7 Å². The first-order chi connectivity index (χ1) is 17.1. The highest BCUT2D eigenvalue weighted by Gasteiger charge is 2.34. The first-order valence-corrected chi connectivity index (χ1v) is 13.3. The molecule has 3 N–H and O–H groups in total. The molecule has 1 aliphatic heterocycles. The number of anilines is 1. The standard InChI is InChI=1S/C26H37F2N5O3S/c1-14-9-8-10-33(14)24(35)19-20(37-23(32-19)22(34)31-15(2)26(6,7)36)17-12-29-18(11-16(17)21(27)28)30-13-25(3,4)5/h11-12,14-15,21,36H,8-10,13H2,1-7H3,(H,29,30)(H,31,34)/t14-,15-/m0/s1. The lowest BCUT2D eigenvalue weighted by atomic mass is 9.97. The predicted molar refractivity (Wildman–Crippen MR) is 141 cm³/mol. The second kappa shape index (κ2) is 11.0. The summed E-state index contributed by atoms with van der Waals surface area (Å²) in [5.74, 6) is -0.693. The zero-order valence-corrected chi connectivity index (χ0v) is 23.3. The molecule has 0 aliphatic carbocycles. The molecule has 0 bridgehead atoms. The van der Waals surface area contributed by atoms with E-state index in [0.717, 1.165) is 24.2 Å². The van der Waals surface area contributed by atoms with E-state index in [1.54, 1.807) is 25.7 Å². The van der Waals surface area contributed by atoms with Crippen LogP contribution in [0.2, 0.25) is 0 Å². The highest BCUT2D eigenvalue weighted by atomic mass is 32.1. The predicted octanol–water partition coefficient (Wildman–Crippen LogP) is 5.11. The third-order valence-electron chi connectivity index (χ3n) is 6.46. The van der Waals surface area contributed by atoms with Gasteiger partial charge in [-0.25, -0.2) is 18.7 Å². The molecule has 1 saturated heterocycles. The maximum absolute atomic E-state index is 14.3. The van der Waals surface area contributed by atoms with Gasteiger partial charge in [0.2, 0.25) is 0 Å². The summed E-state index contributed by atoms with van der Waals surface area (Å²) >= 11 is 0.871. The number of carbonyl (C=O) groups is 2. The Morgan fingerprint density at radius 2 is 1.95 bits per heavy atom. The first kappa shape index (κ1) is 28.9. The van der Waals surface area contributed by atoms with Crippen molar-refractivity contribution in [2.45, 2.75) is 85.4 Å². The Morgan fingerprint density at radius 3 is 2.49 bits per heavy atom. The molecular formula is C26H37F2N5O3S. The van der Waals surface area contributed by atoms with Crippen LogP contribution >= 0.6 is 11.3 Å². The SMILES string of the molecule is C[C@H](NC(=O)c1nc(C(=O)N2CCC[C@@H]2C)c(-c2cnc(NCC(C)(C)C)cc2C(F)F)s1)C(C)(C)O. The maximum atomic E-state index is 14.3. The largest absolute Gasteiger partial charge is 0.388 e. The Kier molecular flexibility index (Phi) is 8.58. The van der Waals surface area contributed by atoms with Gasteiger partial charge in [0.1, 0.15) is 11.5 Å². The summed E-state index contributed by atoms with van der Waals surface area (Å²) < 4.78 is 28.5. The summed E-state index contributed by atoms with van der Waals surface area (Å²) in [5.41, 5.74) is -1.55. The second-order valence-electron chi connectivity index (χ2n) is 11.4. The van der Waals surface area contributed by atoms with Crippen molar-refractivity contribution >= 4 is 29.0 Å².